The molecule has 1 aromatic rings. The van der Waals surface area contributed by atoms with Crippen molar-refractivity contribution in [2.75, 3.05) is 35.5 Å². The molecule has 0 spiro atoms. The molecular formula is C20H23NO11. The van der Waals surface area contributed by atoms with E-state index >= 15 is 0 Å². The number of carbonyl (C=O) groups is 6. The summed E-state index contributed by atoms with van der Waals surface area (Å²) < 4.78 is 24.4. The topological polar surface area (TPSA) is 154 Å². The Hall–Kier alpha value is -3.70. The first kappa shape index (κ1) is 24.6. The molecule has 0 bridgehead atoms. The van der Waals surface area contributed by atoms with Crippen molar-refractivity contribution in [1.82, 2.24) is 4.57 Å². The molecule has 174 valence electrons. The van der Waals surface area contributed by atoms with Crippen LogP contribution in [0.5, 0.6) is 0 Å². The maximum atomic E-state index is 13.2. The van der Waals surface area contributed by atoms with E-state index in [0.29, 0.717) is 0 Å². The third-order valence-corrected chi connectivity index (χ3v) is 5.29. The highest BCUT2D eigenvalue weighted by Crippen LogP contribution is 2.42. The average molecular weight is 453 g/mol. The molecule has 0 radical (unpaired) electrons. The molecule has 12 heteroatoms. The van der Waals surface area contributed by atoms with Gasteiger partial charge in [-0.15, -0.1) is 0 Å². The van der Waals surface area contributed by atoms with Crippen molar-refractivity contribution in [1.29, 1.82) is 0 Å². The van der Waals surface area contributed by atoms with Crippen molar-refractivity contribution in [3.63, 3.8) is 0 Å². The summed E-state index contributed by atoms with van der Waals surface area (Å²) in [6.45, 7) is 0. The number of nitrogens with zero attached hydrogens (tertiary/aromatic N) is 1. The summed E-state index contributed by atoms with van der Waals surface area (Å²) >= 11 is 0. The van der Waals surface area contributed by atoms with Crippen LogP contribution >= 0.6 is 0 Å². The summed E-state index contributed by atoms with van der Waals surface area (Å²) in [6.07, 6.45) is -0.299. The van der Waals surface area contributed by atoms with Gasteiger partial charge in [-0.1, -0.05) is 0 Å². The van der Waals surface area contributed by atoms with E-state index in [0.717, 1.165) is 40.1 Å². The second kappa shape index (κ2) is 10.1. The molecule has 2 atom stereocenters. The lowest BCUT2D eigenvalue weighted by Crippen LogP contribution is -2.38. The van der Waals surface area contributed by atoms with Crippen LogP contribution in [0.2, 0.25) is 0 Å². The fraction of sp³-hybridized carbons (Fsp3) is 0.500. The molecule has 0 N–H and O–H groups in total. The van der Waals surface area contributed by atoms with Crippen LogP contribution < -0.4 is 0 Å². The Bertz CT molecular complexity index is 915. The second-order valence-corrected chi connectivity index (χ2v) is 6.78. The zero-order valence-corrected chi connectivity index (χ0v) is 18.1. The molecule has 32 heavy (non-hydrogen) atoms. The number of esters is 5. The summed E-state index contributed by atoms with van der Waals surface area (Å²) in [6, 6.07) is 2.84. The monoisotopic (exact) mass is 453 g/mol. The summed E-state index contributed by atoms with van der Waals surface area (Å²) in [5.74, 6) is -11.5. The highest BCUT2D eigenvalue weighted by atomic mass is 16.6. The smallest absolute Gasteiger partial charge is 0.320 e. The van der Waals surface area contributed by atoms with Crippen LogP contribution in [0, 0.1) is 17.8 Å². The number of carbonyl (C=O) groups excluding carboxylic acids is 6. The van der Waals surface area contributed by atoms with E-state index in [9.17, 15) is 28.8 Å². The largest absolute Gasteiger partial charge is 0.468 e. The van der Waals surface area contributed by atoms with Gasteiger partial charge >= 0.3 is 29.8 Å². The highest BCUT2D eigenvalue weighted by Gasteiger charge is 2.55. The van der Waals surface area contributed by atoms with Gasteiger partial charge in [0.15, 0.2) is 11.8 Å². The first-order valence-corrected chi connectivity index (χ1v) is 9.32. The molecule has 1 aliphatic rings. The van der Waals surface area contributed by atoms with Gasteiger partial charge in [-0.05, 0) is 12.1 Å². The maximum absolute atomic E-state index is 13.2. The van der Waals surface area contributed by atoms with Gasteiger partial charge in [0.05, 0.1) is 35.5 Å². The van der Waals surface area contributed by atoms with E-state index in [2.05, 4.69) is 18.9 Å². The molecule has 0 saturated heterocycles. The second-order valence-electron chi connectivity index (χ2n) is 6.78. The van der Waals surface area contributed by atoms with Gasteiger partial charge in [0.2, 0.25) is 5.91 Å². The van der Waals surface area contributed by atoms with Crippen LogP contribution in [0.1, 0.15) is 22.1 Å². The number of hydrogen-bond donors (Lipinski definition) is 0. The van der Waals surface area contributed by atoms with E-state index in [1.807, 2.05) is 0 Å². The third-order valence-electron chi connectivity index (χ3n) is 5.29. The molecule has 1 unspecified atom stereocenters. The Morgan fingerprint density at radius 1 is 0.812 bits per heavy atom. The fourth-order valence-electron chi connectivity index (χ4n) is 3.79. The lowest BCUT2D eigenvalue weighted by Gasteiger charge is -2.22. The summed E-state index contributed by atoms with van der Waals surface area (Å²) in [5, 5.41) is 0. The third kappa shape index (κ3) is 4.20. The van der Waals surface area contributed by atoms with Crippen LogP contribution in [0.25, 0.3) is 0 Å². The summed E-state index contributed by atoms with van der Waals surface area (Å²) in [4.78, 5) is 74.6. The van der Waals surface area contributed by atoms with Crippen LogP contribution in [-0.2, 0) is 54.1 Å². The number of hydrogen-bond acceptors (Lipinski definition) is 11. The van der Waals surface area contributed by atoms with Crippen LogP contribution in [0.15, 0.2) is 12.1 Å². The minimum Gasteiger partial charge on any atom is -0.468 e. The number of rotatable bonds is 8. The number of ether oxygens (including phenoxy) is 5. The quantitative estimate of drug-likeness (QED) is 0.284. The minimum absolute atomic E-state index is 0.120. The Kier molecular flexibility index (Phi) is 7.73. The van der Waals surface area contributed by atoms with E-state index in [4.69, 9.17) is 4.74 Å². The van der Waals surface area contributed by atoms with Crippen LogP contribution in [-0.4, -0.2) is 75.9 Å². The highest BCUT2D eigenvalue weighted by molar-refractivity contribution is 6.06. The Morgan fingerprint density at radius 3 is 1.75 bits per heavy atom. The Labute approximate surface area is 182 Å². The zero-order valence-electron chi connectivity index (χ0n) is 18.1. The van der Waals surface area contributed by atoms with Crippen LogP contribution in [0.3, 0.4) is 0 Å². The van der Waals surface area contributed by atoms with Gasteiger partial charge in [-0.2, -0.15) is 0 Å². The minimum atomic E-state index is -1.64. The van der Waals surface area contributed by atoms with Gasteiger partial charge in [-0.3, -0.25) is 33.3 Å². The standard InChI is InChI=1S/C20H23NO11/c1-28-16(23)10(17(24)29-2)8-9-6-7-11-12(14(19(26)31-4)20(27)32-5)13(18(25)30-3)15(22)21(9)11/h6-7,10,12-14H,8H2,1-5H3/t12?,13-/m0/s1. The van der Waals surface area contributed by atoms with Crippen molar-refractivity contribution < 1.29 is 52.5 Å². The van der Waals surface area contributed by atoms with Gasteiger partial charge < -0.3 is 23.7 Å². The molecule has 1 aliphatic heterocycles. The summed E-state index contributed by atoms with van der Waals surface area (Å²) in [7, 11) is 5.32. The molecule has 1 aromatic heterocycles. The molecule has 0 aromatic carbocycles. The normalized spacial score (nSPS) is 17.0. The molecule has 12 nitrogen and oxygen atoms in total. The van der Waals surface area contributed by atoms with E-state index < -0.39 is 59.4 Å². The molecule has 0 aliphatic carbocycles. The number of fused-ring (bicyclic) bond motifs is 1. The molecular weight excluding hydrogens is 430 g/mol. The van der Waals surface area contributed by atoms with Crippen molar-refractivity contribution in [2.24, 2.45) is 17.8 Å². The first-order valence-electron chi connectivity index (χ1n) is 9.32. The van der Waals surface area contributed by atoms with Crippen molar-refractivity contribution in [3.05, 3.63) is 23.5 Å². The lowest BCUT2D eigenvalue weighted by molar-refractivity contribution is -0.162. The SMILES string of the molecule is COC(=O)C(Cc1ccc2n1C(=O)[C@@H](C(=O)OC)C2C(C(=O)OC)C(=O)OC)C(=O)OC. The number of methoxy groups -OCH3 is 5. The lowest BCUT2D eigenvalue weighted by atomic mass is 9.81. The Balaban J connectivity index is 2.62. The predicted molar refractivity (Wildman–Crippen MR) is 102 cm³/mol. The van der Waals surface area contributed by atoms with E-state index in [1.165, 1.54) is 12.1 Å². The van der Waals surface area contributed by atoms with Gasteiger partial charge in [0.25, 0.3) is 0 Å². The molecule has 2 rings (SSSR count). The molecule has 2 heterocycles. The van der Waals surface area contributed by atoms with Crippen molar-refractivity contribution in [3.8, 4) is 0 Å². The maximum Gasteiger partial charge on any atom is 0.320 e. The van der Waals surface area contributed by atoms with Crippen molar-refractivity contribution >= 4 is 35.8 Å². The van der Waals surface area contributed by atoms with Crippen LogP contribution in [0.4, 0.5) is 0 Å². The predicted octanol–water partition coefficient (Wildman–Crippen LogP) is -0.518. The van der Waals surface area contributed by atoms with E-state index in [-0.39, 0.29) is 17.8 Å². The van der Waals surface area contributed by atoms with Crippen molar-refractivity contribution in [2.45, 2.75) is 12.3 Å². The average Bonchev–Trinajstić information content (AvgIpc) is 3.34. The van der Waals surface area contributed by atoms with Gasteiger partial charge in [-0.25, -0.2) is 0 Å². The summed E-state index contributed by atoms with van der Waals surface area (Å²) in [5.41, 5.74) is 0.283. The van der Waals surface area contributed by atoms with E-state index in [1.54, 1.807) is 0 Å². The Morgan fingerprint density at radius 2 is 1.31 bits per heavy atom. The molecule has 0 fully saturated rings. The number of aromatic nitrogens is 1. The molecule has 0 saturated carbocycles. The van der Waals surface area contributed by atoms with Gasteiger partial charge in [0.1, 0.15) is 5.92 Å². The molecule has 0 amide bonds. The zero-order chi connectivity index (χ0) is 24.2. The first-order chi connectivity index (χ1) is 15.2. The fourth-order valence-corrected chi connectivity index (χ4v) is 3.79. The van der Waals surface area contributed by atoms with Gasteiger partial charge in [0, 0.05) is 23.7 Å².